The number of aromatic nitrogens is 4. The topological polar surface area (TPSA) is 35.6 Å². The van der Waals surface area contributed by atoms with Gasteiger partial charge in [-0.15, -0.1) is 0 Å². The van der Waals surface area contributed by atoms with Gasteiger partial charge in [0.05, 0.1) is 56.2 Å². The molecule has 4 heteroatoms. The molecule has 0 saturated heterocycles. The van der Waals surface area contributed by atoms with E-state index in [9.17, 15) is 0 Å². The number of pyridine rings is 2. The van der Waals surface area contributed by atoms with E-state index in [1.54, 1.807) is 0 Å². The molecular weight excluding hydrogens is 873 g/mol. The first-order chi connectivity index (χ1) is 35.6. The van der Waals surface area contributed by atoms with Crippen molar-refractivity contribution in [3.8, 4) is 45.1 Å². The number of hydrogen-bond donors (Lipinski definition) is 0. The Morgan fingerprint density at radius 2 is 0.986 bits per heavy atom. The zero-order chi connectivity index (χ0) is 47.9. The number of fused-ring (bicyclic) bond motifs is 10. The van der Waals surface area contributed by atoms with Crippen LogP contribution in [0.25, 0.3) is 122 Å². The number of hydrogen-bond acceptors (Lipinski definition) is 2. The van der Waals surface area contributed by atoms with Gasteiger partial charge >= 0.3 is 0 Å². The summed E-state index contributed by atoms with van der Waals surface area (Å²) in [4.78, 5) is 11.2. The largest absolute Gasteiger partial charge is 0.309 e. The average molecular weight is 921 g/mol. The monoisotopic (exact) mass is 920 g/mol. The van der Waals surface area contributed by atoms with Gasteiger partial charge in [0.2, 0.25) is 0 Å². The number of benzene rings is 8. The summed E-state index contributed by atoms with van der Waals surface area (Å²) >= 11 is 0. The lowest BCUT2D eigenvalue weighted by atomic mass is 9.78. The minimum Gasteiger partial charge on any atom is -0.309 e. The van der Waals surface area contributed by atoms with Crippen molar-refractivity contribution in [3.63, 3.8) is 0 Å². The molecule has 14 rings (SSSR count). The Kier molecular flexibility index (Phi) is 9.75. The summed E-state index contributed by atoms with van der Waals surface area (Å²) in [5.41, 5.74) is 17.4. The van der Waals surface area contributed by atoms with Gasteiger partial charge in [0.25, 0.3) is 0 Å². The first-order valence-electron chi connectivity index (χ1n) is 25.0. The Hall–Kier alpha value is -9.12. The number of para-hydroxylation sites is 2. The highest BCUT2D eigenvalue weighted by molar-refractivity contribution is 6.26. The number of rotatable bonds is 7. The maximum absolute atomic E-state index is 5.59. The van der Waals surface area contributed by atoms with Gasteiger partial charge in [-0.1, -0.05) is 200 Å². The van der Waals surface area contributed by atoms with Crippen LogP contribution in [0.1, 0.15) is 23.7 Å². The molecule has 8 aromatic carbocycles. The zero-order valence-corrected chi connectivity index (χ0v) is 40.0. The summed E-state index contributed by atoms with van der Waals surface area (Å²) in [6.45, 7) is 4.29. The molecule has 2 aliphatic carbocycles. The lowest BCUT2D eigenvalue weighted by molar-refractivity contribution is 0.675. The zero-order valence-electron chi connectivity index (χ0n) is 40.0. The predicted octanol–water partition coefficient (Wildman–Crippen LogP) is 17.6. The molecule has 0 spiro atoms. The molecule has 0 N–H and O–H groups in total. The molecule has 0 bridgehead atoms. The van der Waals surface area contributed by atoms with Crippen LogP contribution in [0.15, 0.2) is 237 Å². The first-order valence-corrected chi connectivity index (χ1v) is 25.0. The maximum atomic E-state index is 5.59. The SMILES string of the molecule is C/C=C\c1cccc(-c2cc(-n3c4ccccc4c4ccc5c(c6ccccc6n5-c5cc(C6=CC=CC7C=CC=CC67)nc(-c6cccc7ccccc67)c5)c43)cc(-c3cccc4ccccc34)n2)c1C. The molecule has 0 saturated carbocycles. The van der Waals surface area contributed by atoms with Gasteiger partial charge in [-0.05, 0) is 94.6 Å². The Morgan fingerprint density at radius 1 is 0.444 bits per heavy atom. The fraction of sp³-hybridized carbons (Fsp3) is 0.0588. The minimum atomic E-state index is 0.190. The van der Waals surface area contributed by atoms with Gasteiger partial charge < -0.3 is 9.13 Å². The molecule has 2 unspecified atom stereocenters. The highest BCUT2D eigenvalue weighted by atomic mass is 15.0. The second-order valence-corrected chi connectivity index (χ2v) is 19.2. The van der Waals surface area contributed by atoms with E-state index in [4.69, 9.17) is 9.97 Å². The molecular formula is C68H48N4. The lowest BCUT2D eigenvalue weighted by Gasteiger charge is -2.27. The van der Waals surface area contributed by atoms with Crippen molar-refractivity contribution >= 4 is 76.8 Å². The van der Waals surface area contributed by atoms with Crippen LogP contribution >= 0.6 is 0 Å². The molecule has 340 valence electrons. The average Bonchev–Trinajstić information content (AvgIpc) is 3.96. The van der Waals surface area contributed by atoms with Gasteiger partial charge in [-0.25, -0.2) is 9.97 Å². The van der Waals surface area contributed by atoms with E-state index in [0.29, 0.717) is 0 Å². The van der Waals surface area contributed by atoms with Gasteiger partial charge in [-0.2, -0.15) is 0 Å². The van der Waals surface area contributed by atoms with E-state index in [0.717, 1.165) is 72.9 Å². The highest BCUT2D eigenvalue weighted by Crippen LogP contribution is 2.45. The van der Waals surface area contributed by atoms with Crippen LogP contribution in [0.4, 0.5) is 0 Å². The fourth-order valence-electron chi connectivity index (χ4n) is 11.9. The molecule has 72 heavy (non-hydrogen) atoms. The van der Waals surface area contributed by atoms with Gasteiger partial charge in [0, 0.05) is 50.1 Å². The third-order valence-electron chi connectivity index (χ3n) is 15.2. The van der Waals surface area contributed by atoms with Crippen molar-refractivity contribution in [1.82, 2.24) is 19.1 Å². The molecule has 4 nitrogen and oxygen atoms in total. The summed E-state index contributed by atoms with van der Waals surface area (Å²) in [6, 6.07) is 68.7. The van der Waals surface area contributed by atoms with Crippen LogP contribution in [-0.2, 0) is 0 Å². The summed E-state index contributed by atoms with van der Waals surface area (Å²) < 4.78 is 4.99. The molecule has 0 fully saturated rings. The molecule has 0 amide bonds. The Bertz CT molecular complexity index is 4370. The maximum Gasteiger partial charge on any atom is 0.0736 e. The van der Waals surface area contributed by atoms with Crippen molar-refractivity contribution in [3.05, 3.63) is 253 Å². The lowest BCUT2D eigenvalue weighted by Crippen LogP contribution is -2.16. The summed E-state index contributed by atoms with van der Waals surface area (Å²) in [7, 11) is 0. The van der Waals surface area contributed by atoms with Crippen LogP contribution in [0, 0.1) is 18.8 Å². The second-order valence-electron chi connectivity index (χ2n) is 19.2. The standard InChI is InChI=1S/C68H48N4/c1-3-18-44-22-14-31-50(43(44)2)60-41-49(42-63(69-60)56-34-17-25-47-21-6-9-28-53(47)56)72-64-35-12-10-29-57(64)58-37-38-66-67(68(58)72)59-30-11-13-36-65(59)71(66)48-39-61(54-32-15-23-45-19-4-7-26-51(45)54)70-62(40-48)55-33-16-24-46-20-5-8-27-52(46)55/h3-42,45,51H,1-2H3/b18-3-. The van der Waals surface area contributed by atoms with E-state index in [1.165, 1.54) is 59.8 Å². The van der Waals surface area contributed by atoms with Crippen LogP contribution in [0.2, 0.25) is 0 Å². The molecule has 0 radical (unpaired) electrons. The Morgan fingerprint density at radius 3 is 1.71 bits per heavy atom. The normalized spacial score (nSPS) is 15.5. The van der Waals surface area contributed by atoms with Crippen LogP contribution < -0.4 is 0 Å². The first kappa shape index (κ1) is 41.8. The van der Waals surface area contributed by atoms with E-state index in [-0.39, 0.29) is 11.8 Å². The summed E-state index contributed by atoms with van der Waals surface area (Å²) in [5, 5.41) is 9.52. The Balaban J connectivity index is 1.08. The van der Waals surface area contributed by atoms with Gasteiger partial charge in [0.1, 0.15) is 0 Å². The van der Waals surface area contributed by atoms with Gasteiger partial charge in [0.15, 0.2) is 0 Å². The van der Waals surface area contributed by atoms with Crippen molar-refractivity contribution < 1.29 is 0 Å². The van der Waals surface area contributed by atoms with E-state index >= 15 is 0 Å². The summed E-state index contributed by atoms with van der Waals surface area (Å²) in [6.07, 6.45) is 20.1. The van der Waals surface area contributed by atoms with Crippen LogP contribution in [0.5, 0.6) is 0 Å². The molecule has 2 atom stereocenters. The highest BCUT2D eigenvalue weighted by Gasteiger charge is 2.27. The predicted molar refractivity (Wildman–Crippen MR) is 304 cm³/mol. The van der Waals surface area contributed by atoms with Crippen molar-refractivity contribution in [1.29, 1.82) is 0 Å². The van der Waals surface area contributed by atoms with Crippen LogP contribution in [-0.4, -0.2) is 19.1 Å². The van der Waals surface area contributed by atoms with Crippen molar-refractivity contribution in [2.45, 2.75) is 13.8 Å². The summed E-state index contributed by atoms with van der Waals surface area (Å²) in [5.74, 6) is 0.468. The van der Waals surface area contributed by atoms with Crippen LogP contribution in [0.3, 0.4) is 0 Å². The molecule has 4 aromatic heterocycles. The second kappa shape index (κ2) is 16.8. The third kappa shape index (κ3) is 6.60. The fourth-order valence-corrected chi connectivity index (χ4v) is 11.9. The van der Waals surface area contributed by atoms with E-state index in [1.807, 2.05) is 0 Å². The molecule has 2 aliphatic rings. The van der Waals surface area contributed by atoms with Gasteiger partial charge in [-0.3, -0.25) is 0 Å². The smallest absolute Gasteiger partial charge is 0.0736 e. The molecule has 0 aliphatic heterocycles. The van der Waals surface area contributed by atoms with E-state index in [2.05, 4.69) is 266 Å². The number of nitrogens with zero attached hydrogens (tertiary/aromatic N) is 4. The quantitative estimate of drug-likeness (QED) is 0.160. The van der Waals surface area contributed by atoms with Crippen molar-refractivity contribution in [2.75, 3.05) is 0 Å². The minimum absolute atomic E-state index is 0.190. The molecule has 12 aromatic rings. The van der Waals surface area contributed by atoms with Crippen molar-refractivity contribution in [2.24, 2.45) is 11.8 Å². The Labute approximate surface area is 418 Å². The molecule has 4 heterocycles. The van der Waals surface area contributed by atoms with E-state index < -0.39 is 0 Å². The number of allylic oxidation sites excluding steroid dienone is 9. The third-order valence-corrected chi connectivity index (χ3v) is 15.2.